The molecule has 1 atom stereocenters. The van der Waals surface area contributed by atoms with E-state index in [2.05, 4.69) is 0 Å². The third-order valence-electron chi connectivity index (χ3n) is 2.39. The average molecular weight is 228 g/mol. The van der Waals surface area contributed by atoms with Gasteiger partial charge in [-0.1, -0.05) is 0 Å². The molecular weight excluding hydrogens is 218 g/mol. The molecule has 6 heteroatoms. The van der Waals surface area contributed by atoms with Crippen molar-refractivity contribution in [2.45, 2.75) is 6.04 Å². The number of amides is 1. The largest absolute Gasteiger partial charge is 0.489 e. The Morgan fingerprint density at radius 1 is 1.50 bits per heavy atom. The molecule has 1 aromatic carbocycles. The van der Waals surface area contributed by atoms with Crippen molar-refractivity contribution in [3.8, 4) is 5.75 Å². The zero-order chi connectivity index (χ0) is 11.9. The van der Waals surface area contributed by atoms with Crippen LogP contribution in [0.5, 0.6) is 5.75 Å². The molecule has 1 heterocycles. The number of ether oxygens (including phenoxy) is 1. The zero-order valence-corrected chi connectivity index (χ0v) is 8.54. The van der Waals surface area contributed by atoms with Gasteiger partial charge in [-0.2, -0.15) is 0 Å². The molecule has 2 rings (SSSR count). The normalized spacial score (nSPS) is 20.1. The van der Waals surface area contributed by atoms with Crippen molar-refractivity contribution in [2.24, 2.45) is 5.73 Å². The molecule has 0 aliphatic carbocycles. The van der Waals surface area contributed by atoms with Crippen molar-refractivity contribution < 1.29 is 18.3 Å². The fraction of sp³-hybridized carbons (Fsp3) is 0.300. The van der Waals surface area contributed by atoms with E-state index in [9.17, 15) is 13.6 Å². The van der Waals surface area contributed by atoms with Crippen molar-refractivity contribution in [1.82, 2.24) is 0 Å². The Bertz CT molecular complexity index is 451. The van der Waals surface area contributed by atoms with E-state index in [-0.39, 0.29) is 18.0 Å². The lowest BCUT2D eigenvalue weighted by atomic mass is 10.2. The molecule has 0 aromatic heterocycles. The van der Waals surface area contributed by atoms with Crippen LogP contribution in [0.1, 0.15) is 0 Å². The fourth-order valence-corrected chi connectivity index (χ4v) is 1.59. The van der Waals surface area contributed by atoms with Gasteiger partial charge in [0.15, 0.2) is 5.82 Å². The number of hydrogen-bond donors (Lipinski definition) is 1. The van der Waals surface area contributed by atoms with Crippen LogP contribution in [0.2, 0.25) is 0 Å². The summed E-state index contributed by atoms with van der Waals surface area (Å²) in [6.07, 6.45) is 0. The van der Waals surface area contributed by atoms with Gasteiger partial charge in [-0.3, -0.25) is 4.79 Å². The van der Waals surface area contributed by atoms with E-state index in [0.29, 0.717) is 6.07 Å². The molecule has 4 nitrogen and oxygen atoms in total. The molecule has 0 bridgehead atoms. The Balaban J connectivity index is 2.57. The number of nitrogens with zero attached hydrogens (tertiary/aromatic N) is 1. The Kier molecular flexibility index (Phi) is 2.51. The molecule has 1 aromatic rings. The van der Waals surface area contributed by atoms with E-state index < -0.39 is 23.6 Å². The van der Waals surface area contributed by atoms with Crippen LogP contribution in [-0.2, 0) is 4.79 Å². The lowest BCUT2D eigenvalue weighted by Crippen LogP contribution is -2.43. The van der Waals surface area contributed by atoms with E-state index in [1.54, 1.807) is 0 Å². The highest BCUT2D eigenvalue weighted by molar-refractivity contribution is 5.98. The minimum atomic E-state index is -0.875. The van der Waals surface area contributed by atoms with Crippen molar-refractivity contribution in [3.63, 3.8) is 0 Å². The van der Waals surface area contributed by atoms with E-state index in [0.717, 1.165) is 11.0 Å². The number of benzene rings is 1. The van der Waals surface area contributed by atoms with Crippen molar-refractivity contribution in [3.05, 3.63) is 23.8 Å². The molecule has 16 heavy (non-hydrogen) atoms. The molecule has 1 aliphatic rings. The molecule has 0 saturated heterocycles. The molecule has 0 spiro atoms. The third kappa shape index (κ3) is 1.61. The number of nitrogens with two attached hydrogens (primary N) is 1. The number of rotatable bonds is 0. The molecule has 2 N–H and O–H groups in total. The molecular formula is C10H10F2N2O2. The predicted octanol–water partition coefficient (Wildman–Crippen LogP) is 0.647. The van der Waals surface area contributed by atoms with Gasteiger partial charge in [0.1, 0.15) is 29.9 Å². The summed E-state index contributed by atoms with van der Waals surface area (Å²) in [7, 11) is 1.37. The van der Waals surface area contributed by atoms with Crippen LogP contribution < -0.4 is 15.4 Å². The summed E-state index contributed by atoms with van der Waals surface area (Å²) in [5.41, 5.74) is 5.42. The lowest BCUT2D eigenvalue weighted by molar-refractivity contribution is -0.119. The topological polar surface area (TPSA) is 55.6 Å². The highest BCUT2D eigenvalue weighted by Gasteiger charge is 2.29. The maximum atomic E-state index is 13.5. The van der Waals surface area contributed by atoms with Gasteiger partial charge < -0.3 is 15.4 Å². The summed E-state index contributed by atoms with van der Waals surface area (Å²) in [6, 6.07) is 0.850. The van der Waals surface area contributed by atoms with Crippen LogP contribution in [-0.4, -0.2) is 25.6 Å². The average Bonchev–Trinajstić information content (AvgIpc) is 2.31. The van der Waals surface area contributed by atoms with Gasteiger partial charge in [-0.25, -0.2) is 8.78 Å². The monoisotopic (exact) mass is 228 g/mol. The summed E-state index contributed by atoms with van der Waals surface area (Å²) < 4.78 is 31.6. The first-order chi connectivity index (χ1) is 7.50. The lowest BCUT2D eigenvalue weighted by Gasteiger charge is -2.18. The van der Waals surface area contributed by atoms with Crippen molar-refractivity contribution in [1.29, 1.82) is 0 Å². The van der Waals surface area contributed by atoms with Gasteiger partial charge in [-0.15, -0.1) is 0 Å². The minimum Gasteiger partial charge on any atom is -0.489 e. The standard InChI is InChI=1S/C10H10F2N2O2/c1-14-9-6(12)2-5(11)3-8(9)16-4-7(13)10(14)15/h2-3,7H,4,13H2,1H3. The van der Waals surface area contributed by atoms with Gasteiger partial charge in [-0.05, 0) is 0 Å². The Morgan fingerprint density at radius 2 is 2.19 bits per heavy atom. The first-order valence-corrected chi connectivity index (χ1v) is 4.65. The first-order valence-electron chi connectivity index (χ1n) is 4.65. The summed E-state index contributed by atoms with van der Waals surface area (Å²) >= 11 is 0. The Labute approximate surface area is 90.6 Å². The molecule has 0 radical (unpaired) electrons. The van der Waals surface area contributed by atoms with E-state index >= 15 is 0 Å². The third-order valence-corrected chi connectivity index (χ3v) is 2.39. The molecule has 1 amide bonds. The quantitative estimate of drug-likeness (QED) is 0.709. The zero-order valence-electron chi connectivity index (χ0n) is 8.54. The highest BCUT2D eigenvalue weighted by Crippen LogP contribution is 2.33. The summed E-state index contributed by atoms with van der Waals surface area (Å²) in [6.45, 7) is -0.0981. The summed E-state index contributed by atoms with van der Waals surface area (Å²) in [4.78, 5) is 12.6. The predicted molar refractivity (Wildman–Crippen MR) is 53.2 cm³/mol. The number of hydrogen-bond acceptors (Lipinski definition) is 3. The fourth-order valence-electron chi connectivity index (χ4n) is 1.59. The van der Waals surface area contributed by atoms with Crippen molar-refractivity contribution >= 4 is 11.6 Å². The van der Waals surface area contributed by atoms with Crippen LogP contribution >= 0.6 is 0 Å². The highest BCUT2D eigenvalue weighted by atomic mass is 19.1. The van der Waals surface area contributed by atoms with Gasteiger partial charge in [0.05, 0.1) is 0 Å². The second-order valence-electron chi connectivity index (χ2n) is 3.55. The number of anilines is 1. The van der Waals surface area contributed by atoms with Gasteiger partial charge in [0.2, 0.25) is 5.91 Å². The maximum absolute atomic E-state index is 13.5. The van der Waals surface area contributed by atoms with Gasteiger partial charge >= 0.3 is 0 Å². The smallest absolute Gasteiger partial charge is 0.247 e. The number of likely N-dealkylation sites (N-methyl/N-ethyl adjacent to an activating group) is 1. The number of carbonyl (C=O) groups excluding carboxylic acids is 1. The minimum absolute atomic E-state index is 0.0127. The first kappa shape index (κ1) is 10.8. The SMILES string of the molecule is CN1C(=O)C(N)COc2cc(F)cc(F)c21. The molecule has 1 unspecified atom stereocenters. The van der Waals surface area contributed by atoms with E-state index in [1.807, 2.05) is 0 Å². The molecule has 86 valence electrons. The van der Waals surface area contributed by atoms with Crippen LogP contribution in [0, 0.1) is 11.6 Å². The van der Waals surface area contributed by atoms with Crippen LogP contribution in [0.3, 0.4) is 0 Å². The number of halogens is 2. The van der Waals surface area contributed by atoms with E-state index in [4.69, 9.17) is 10.5 Å². The van der Waals surface area contributed by atoms with Gasteiger partial charge in [0, 0.05) is 19.2 Å². The number of fused-ring (bicyclic) bond motifs is 1. The molecule has 1 aliphatic heterocycles. The Morgan fingerprint density at radius 3 is 2.88 bits per heavy atom. The molecule has 0 saturated carbocycles. The Hall–Kier alpha value is -1.69. The second-order valence-corrected chi connectivity index (χ2v) is 3.55. The van der Waals surface area contributed by atoms with Gasteiger partial charge in [0.25, 0.3) is 0 Å². The van der Waals surface area contributed by atoms with E-state index in [1.165, 1.54) is 7.05 Å². The number of carbonyl (C=O) groups is 1. The van der Waals surface area contributed by atoms with Crippen LogP contribution in [0.15, 0.2) is 12.1 Å². The molecule has 0 fully saturated rings. The summed E-state index contributed by atoms with van der Waals surface area (Å²) in [5.74, 6) is -2.09. The summed E-state index contributed by atoms with van der Waals surface area (Å²) in [5, 5.41) is 0. The van der Waals surface area contributed by atoms with Crippen LogP contribution in [0.4, 0.5) is 14.5 Å². The van der Waals surface area contributed by atoms with Crippen molar-refractivity contribution in [2.75, 3.05) is 18.6 Å². The van der Waals surface area contributed by atoms with Crippen LogP contribution in [0.25, 0.3) is 0 Å². The second kappa shape index (κ2) is 3.71. The maximum Gasteiger partial charge on any atom is 0.247 e.